The zero-order chi connectivity index (χ0) is 14.7. The number of piperidine rings is 1. The minimum atomic E-state index is -0.667. The lowest BCUT2D eigenvalue weighted by molar-refractivity contribution is -0.132. The molecule has 2 N–H and O–H groups in total. The minimum absolute atomic E-state index is 0.0300. The van der Waals surface area contributed by atoms with Crippen molar-refractivity contribution in [2.75, 3.05) is 19.6 Å². The van der Waals surface area contributed by atoms with Crippen LogP contribution >= 0.6 is 0 Å². The lowest BCUT2D eigenvalue weighted by atomic mass is 9.87. The Balaban J connectivity index is 2.01. The summed E-state index contributed by atoms with van der Waals surface area (Å²) in [6.45, 7) is 3.99. The smallest absolute Gasteiger partial charge is 0.227 e. The molecular formula is C15H20F2N2O. The van der Waals surface area contributed by atoms with Gasteiger partial charge in [0.1, 0.15) is 11.6 Å². The third-order valence-corrected chi connectivity index (χ3v) is 4.13. The lowest BCUT2D eigenvalue weighted by Gasteiger charge is -2.36. The number of hydrogen-bond acceptors (Lipinski definition) is 2. The van der Waals surface area contributed by atoms with Crippen LogP contribution in [-0.2, 0) is 11.2 Å². The monoisotopic (exact) mass is 282 g/mol. The number of amides is 1. The highest BCUT2D eigenvalue weighted by Crippen LogP contribution is 2.23. The number of benzene rings is 1. The number of hydrogen-bond donors (Lipinski definition) is 1. The van der Waals surface area contributed by atoms with E-state index < -0.39 is 11.6 Å². The van der Waals surface area contributed by atoms with Crippen molar-refractivity contribution in [2.45, 2.75) is 19.8 Å². The average molecular weight is 282 g/mol. The van der Waals surface area contributed by atoms with Crippen LogP contribution in [-0.4, -0.2) is 30.4 Å². The maximum atomic E-state index is 13.6. The highest BCUT2D eigenvalue weighted by Gasteiger charge is 2.28. The molecule has 110 valence electrons. The van der Waals surface area contributed by atoms with Crippen molar-refractivity contribution in [1.82, 2.24) is 4.90 Å². The standard InChI is InChI=1S/C15H20F2N2O/c1-10-4-5-19(9-12(10)8-18)15(20)6-11-2-3-13(16)7-14(11)17/h2-3,7,10,12H,4-6,8-9,18H2,1H3. The third-order valence-electron chi connectivity index (χ3n) is 4.13. The Morgan fingerprint density at radius 3 is 2.85 bits per heavy atom. The lowest BCUT2D eigenvalue weighted by Crippen LogP contribution is -2.46. The van der Waals surface area contributed by atoms with E-state index in [-0.39, 0.29) is 17.9 Å². The van der Waals surface area contributed by atoms with Crippen LogP contribution in [0.1, 0.15) is 18.9 Å². The first-order valence-corrected chi connectivity index (χ1v) is 6.93. The van der Waals surface area contributed by atoms with Crippen LogP contribution in [0.3, 0.4) is 0 Å². The van der Waals surface area contributed by atoms with E-state index in [0.29, 0.717) is 31.5 Å². The molecule has 0 aliphatic carbocycles. The molecule has 20 heavy (non-hydrogen) atoms. The van der Waals surface area contributed by atoms with Gasteiger partial charge in [0.2, 0.25) is 5.91 Å². The van der Waals surface area contributed by atoms with Gasteiger partial charge in [0, 0.05) is 19.2 Å². The van der Waals surface area contributed by atoms with Gasteiger partial charge in [-0.3, -0.25) is 4.79 Å². The molecule has 1 saturated heterocycles. The van der Waals surface area contributed by atoms with Gasteiger partial charge in [-0.1, -0.05) is 13.0 Å². The Hall–Kier alpha value is -1.49. The second-order valence-electron chi connectivity index (χ2n) is 5.51. The molecule has 5 heteroatoms. The normalized spacial score (nSPS) is 22.9. The molecule has 0 radical (unpaired) electrons. The molecule has 0 aromatic heterocycles. The van der Waals surface area contributed by atoms with Crippen molar-refractivity contribution in [3.63, 3.8) is 0 Å². The topological polar surface area (TPSA) is 46.3 Å². The summed E-state index contributed by atoms with van der Waals surface area (Å²) in [5.74, 6) is -0.619. The van der Waals surface area contributed by atoms with Crippen LogP contribution in [0.15, 0.2) is 18.2 Å². The van der Waals surface area contributed by atoms with Gasteiger partial charge in [-0.05, 0) is 36.4 Å². The van der Waals surface area contributed by atoms with Gasteiger partial charge < -0.3 is 10.6 Å². The number of nitrogens with zero attached hydrogens (tertiary/aromatic N) is 1. The summed E-state index contributed by atoms with van der Waals surface area (Å²) >= 11 is 0. The zero-order valence-corrected chi connectivity index (χ0v) is 11.6. The molecule has 0 spiro atoms. The van der Waals surface area contributed by atoms with E-state index in [4.69, 9.17) is 5.73 Å². The van der Waals surface area contributed by atoms with Crippen molar-refractivity contribution in [3.05, 3.63) is 35.4 Å². The highest BCUT2D eigenvalue weighted by atomic mass is 19.1. The van der Waals surface area contributed by atoms with Gasteiger partial charge in [-0.25, -0.2) is 8.78 Å². The van der Waals surface area contributed by atoms with E-state index >= 15 is 0 Å². The molecule has 2 rings (SSSR count). The number of carbonyl (C=O) groups excluding carboxylic acids is 1. The quantitative estimate of drug-likeness (QED) is 0.921. The second-order valence-corrected chi connectivity index (χ2v) is 5.51. The van der Waals surface area contributed by atoms with Crippen LogP contribution in [0.5, 0.6) is 0 Å². The largest absolute Gasteiger partial charge is 0.342 e. The molecule has 0 bridgehead atoms. The molecule has 0 saturated carbocycles. The third kappa shape index (κ3) is 3.33. The second kappa shape index (κ2) is 6.31. The molecule has 1 fully saturated rings. The predicted molar refractivity (Wildman–Crippen MR) is 73.0 cm³/mol. The maximum absolute atomic E-state index is 13.6. The summed E-state index contributed by atoms with van der Waals surface area (Å²) in [7, 11) is 0. The molecule has 2 unspecified atom stereocenters. The molecule has 1 aromatic rings. The predicted octanol–water partition coefficient (Wildman–Crippen LogP) is 1.95. The molecule has 1 heterocycles. The first-order valence-electron chi connectivity index (χ1n) is 6.93. The van der Waals surface area contributed by atoms with Crippen molar-refractivity contribution in [3.8, 4) is 0 Å². The van der Waals surface area contributed by atoms with Gasteiger partial charge in [0.15, 0.2) is 0 Å². The molecule has 1 aliphatic rings. The van der Waals surface area contributed by atoms with Gasteiger partial charge in [0.25, 0.3) is 0 Å². The van der Waals surface area contributed by atoms with E-state index in [0.717, 1.165) is 12.5 Å². The van der Waals surface area contributed by atoms with Gasteiger partial charge >= 0.3 is 0 Å². The Morgan fingerprint density at radius 1 is 1.45 bits per heavy atom. The molecule has 2 atom stereocenters. The van der Waals surface area contributed by atoms with Crippen molar-refractivity contribution in [1.29, 1.82) is 0 Å². The Morgan fingerprint density at radius 2 is 2.20 bits per heavy atom. The molecule has 1 amide bonds. The number of nitrogens with two attached hydrogens (primary N) is 1. The zero-order valence-electron chi connectivity index (χ0n) is 11.6. The molecular weight excluding hydrogens is 262 g/mol. The fourth-order valence-electron chi connectivity index (χ4n) is 2.62. The van der Waals surface area contributed by atoms with Crippen LogP contribution in [0.25, 0.3) is 0 Å². The van der Waals surface area contributed by atoms with Crippen molar-refractivity contribution >= 4 is 5.91 Å². The summed E-state index contributed by atoms with van der Waals surface area (Å²) in [6, 6.07) is 3.31. The van der Waals surface area contributed by atoms with E-state index in [1.165, 1.54) is 12.1 Å². The van der Waals surface area contributed by atoms with Gasteiger partial charge in [0.05, 0.1) is 6.42 Å². The first kappa shape index (κ1) is 14.9. The van der Waals surface area contributed by atoms with Crippen LogP contribution < -0.4 is 5.73 Å². The number of halogens is 2. The van der Waals surface area contributed by atoms with E-state index in [1.54, 1.807) is 4.90 Å². The van der Waals surface area contributed by atoms with E-state index in [1.807, 2.05) is 0 Å². The molecule has 3 nitrogen and oxygen atoms in total. The van der Waals surface area contributed by atoms with Gasteiger partial charge in [-0.2, -0.15) is 0 Å². The van der Waals surface area contributed by atoms with Crippen LogP contribution in [0, 0.1) is 23.5 Å². The Bertz CT molecular complexity index is 493. The van der Waals surface area contributed by atoms with E-state index in [9.17, 15) is 13.6 Å². The summed E-state index contributed by atoms with van der Waals surface area (Å²) in [6.07, 6.45) is 0.886. The number of rotatable bonds is 3. The van der Waals surface area contributed by atoms with Crippen molar-refractivity contribution < 1.29 is 13.6 Å². The highest BCUT2D eigenvalue weighted by molar-refractivity contribution is 5.79. The Labute approximate surface area is 117 Å². The minimum Gasteiger partial charge on any atom is -0.342 e. The number of carbonyl (C=O) groups is 1. The summed E-state index contributed by atoms with van der Waals surface area (Å²) in [5, 5.41) is 0. The average Bonchev–Trinajstić information content (AvgIpc) is 2.42. The van der Waals surface area contributed by atoms with Crippen molar-refractivity contribution in [2.24, 2.45) is 17.6 Å². The van der Waals surface area contributed by atoms with Crippen LogP contribution in [0.4, 0.5) is 8.78 Å². The number of likely N-dealkylation sites (tertiary alicyclic amines) is 1. The molecule has 1 aromatic carbocycles. The van der Waals surface area contributed by atoms with Gasteiger partial charge in [-0.15, -0.1) is 0 Å². The fourth-order valence-corrected chi connectivity index (χ4v) is 2.62. The SMILES string of the molecule is CC1CCN(C(=O)Cc2ccc(F)cc2F)CC1CN. The Kier molecular flexibility index (Phi) is 4.70. The van der Waals surface area contributed by atoms with Crippen LogP contribution in [0.2, 0.25) is 0 Å². The molecule has 1 aliphatic heterocycles. The maximum Gasteiger partial charge on any atom is 0.227 e. The fraction of sp³-hybridized carbons (Fsp3) is 0.533. The first-order chi connectivity index (χ1) is 9.51. The summed E-state index contributed by atoms with van der Waals surface area (Å²) in [4.78, 5) is 13.9. The summed E-state index contributed by atoms with van der Waals surface area (Å²) < 4.78 is 26.4. The summed E-state index contributed by atoms with van der Waals surface area (Å²) in [5.41, 5.74) is 5.95. The van der Waals surface area contributed by atoms with E-state index in [2.05, 4.69) is 6.92 Å².